The molecule has 0 atom stereocenters. The van der Waals surface area contributed by atoms with E-state index >= 15 is 0 Å². The average molecular weight is 296 g/mol. The molecule has 0 fully saturated rings. The summed E-state index contributed by atoms with van der Waals surface area (Å²) >= 11 is 1.78. The fraction of sp³-hybridized carbons (Fsp3) is 0.211. The maximum Gasteiger partial charge on any atom is 0.185 e. The van der Waals surface area contributed by atoms with Crippen LogP contribution >= 0.6 is 11.8 Å². The SMILES string of the molecule is CCSc1ccc(C(=O)C=Cc2ccc(CC)cc2)cc1. The Morgan fingerprint density at radius 1 is 1.00 bits per heavy atom. The second-order valence-electron chi connectivity index (χ2n) is 4.75. The van der Waals surface area contributed by atoms with Crippen LogP contribution in [-0.2, 0) is 6.42 Å². The van der Waals surface area contributed by atoms with Crippen LogP contribution in [0.5, 0.6) is 0 Å². The van der Waals surface area contributed by atoms with Gasteiger partial charge in [-0.1, -0.05) is 44.2 Å². The Bertz CT molecular complexity index is 609. The van der Waals surface area contributed by atoms with Gasteiger partial charge in [0.2, 0.25) is 0 Å². The molecule has 0 radical (unpaired) electrons. The first-order valence-corrected chi connectivity index (χ1v) is 8.25. The molecule has 0 heterocycles. The highest BCUT2D eigenvalue weighted by Crippen LogP contribution is 2.18. The van der Waals surface area contributed by atoms with Crippen LogP contribution in [0.15, 0.2) is 59.5 Å². The molecule has 108 valence electrons. The monoisotopic (exact) mass is 296 g/mol. The molecule has 2 heteroatoms. The van der Waals surface area contributed by atoms with E-state index in [2.05, 4.69) is 26.0 Å². The zero-order valence-electron chi connectivity index (χ0n) is 12.5. The number of ketones is 1. The summed E-state index contributed by atoms with van der Waals surface area (Å²) in [5, 5.41) is 0. The van der Waals surface area contributed by atoms with E-state index in [1.54, 1.807) is 17.8 Å². The summed E-state index contributed by atoms with van der Waals surface area (Å²) in [6.07, 6.45) is 4.55. The Morgan fingerprint density at radius 3 is 2.24 bits per heavy atom. The van der Waals surface area contributed by atoms with Crippen molar-refractivity contribution in [2.75, 3.05) is 5.75 Å². The number of carbonyl (C=O) groups is 1. The molecular formula is C19H20OS. The lowest BCUT2D eigenvalue weighted by Crippen LogP contribution is -1.93. The largest absolute Gasteiger partial charge is 0.289 e. The maximum atomic E-state index is 12.1. The molecule has 2 aromatic carbocycles. The highest BCUT2D eigenvalue weighted by molar-refractivity contribution is 7.99. The molecule has 0 unspecified atom stereocenters. The van der Waals surface area contributed by atoms with Crippen LogP contribution in [0.2, 0.25) is 0 Å². The number of hydrogen-bond acceptors (Lipinski definition) is 2. The molecule has 0 bridgehead atoms. The van der Waals surface area contributed by atoms with E-state index in [9.17, 15) is 4.79 Å². The molecule has 0 aliphatic carbocycles. The molecule has 0 aliphatic heterocycles. The third-order valence-corrected chi connectivity index (χ3v) is 4.16. The number of thioether (sulfide) groups is 1. The van der Waals surface area contributed by atoms with E-state index in [4.69, 9.17) is 0 Å². The molecule has 0 aromatic heterocycles. The Labute approximate surface area is 131 Å². The van der Waals surface area contributed by atoms with Crippen molar-refractivity contribution in [1.82, 2.24) is 0 Å². The smallest absolute Gasteiger partial charge is 0.185 e. The molecular weight excluding hydrogens is 276 g/mol. The molecule has 0 saturated heterocycles. The Hall–Kier alpha value is -1.80. The second-order valence-corrected chi connectivity index (χ2v) is 6.09. The normalized spacial score (nSPS) is 11.0. The summed E-state index contributed by atoms with van der Waals surface area (Å²) in [5.41, 5.74) is 3.10. The standard InChI is InChI=1S/C19H20OS/c1-3-15-5-7-16(8-6-15)9-14-19(20)17-10-12-18(13-11-17)21-4-2/h5-14H,3-4H2,1-2H3. The molecule has 0 amide bonds. The van der Waals surface area contributed by atoms with Crippen molar-refractivity contribution in [3.63, 3.8) is 0 Å². The first kappa shape index (κ1) is 15.6. The maximum absolute atomic E-state index is 12.1. The molecule has 0 N–H and O–H groups in total. The minimum absolute atomic E-state index is 0.0441. The quantitative estimate of drug-likeness (QED) is 0.411. The molecule has 21 heavy (non-hydrogen) atoms. The fourth-order valence-corrected chi connectivity index (χ4v) is 2.68. The zero-order chi connectivity index (χ0) is 15.1. The van der Waals surface area contributed by atoms with Crippen molar-refractivity contribution in [2.45, 2.75) is 25.2 Å². The molecule has 2 aromatic rings. The van der Waals surface area contributed by atoms with Gasteiger partial charge in [0.05, 0.1) is 0 Å². The minimum Gasteiger partial charge on any atom is -0.289 e. The van der Waals surface area contributed by atoms with E-state index in [0.29, 0.717) is 0 Å². The first-order chi connectivity index (χ1) is 10.2. The van der Waals surface area contributed by atoms with Crippen molar-refractivity contribution in [1.29, 1.82) is 0 Å². The second kappa shape index (κ2) is 7.84. The van der Waals surface area contributed by atoms with Crippen LogP contribution in [-0.4, -0.2) is 11.5 Å². The van der Waals surface area contributed by atoms with Gasteiger partial charge in [-0.25, -0.2) is 0 Å². The molecule has 2 rings (SSSR count). The van der Waals surface area contributed by atoms with Crippen LogP contribution < -0.4 is 0 Å². The third-order valence-electron chi connectivity index (χ3n) is 3.26. The molecule has 0 spiro atoms. The van der Waals surface area contributed by atoms with Crippen LogP contribution in [0.25, 0.3) is 6.08 Å². The number of allylic oxidation sites excluding steroid dienone is 1. The van der Waals surface area contributed by atoms with Crippen LogP contribution in [0.3, 0.4) is 0 Å². The van der Waals surface area contributed by atoms with Gasteiger partial charge < -0.3 is 0 Å². The van der Waals surface area contributed by atoms with Crippen LogP contribution in [0, 0.1) is 0 Å². The van der Waals surface area contributed by atoms with Crippen molar-refractivity contribution >= 4 is 23.6 Å². The van der Waals surface area contributed by atoms with Gasteiger partial charge in [-0.3, -0.25) is 4.79 Å². The first-order valence-electron chi connectivity index (χ1n) is 7.27. The highest BCUT2D eigenvalue weighted by atomic mass is 32.2. The lowest BCUT2D eigenvalue weighted by atomic mass is 10.1. The fourth-order valence-electron chi connectivity index (χ4n) is 2.01. The van der Waals surface area contributed by atoms with Crippen molar-refractivity contribution < 1.29 is 4.79 Å². The summed E-state index contributed by atoms with van der Waals surface area (Å²) in [6, 6.07) is 16.1. The number of rotatable bonds is 6. The van der Waals surface area contributed by atoms with E-state index in [1.165, 1.54) is 10.5 Å². The van der Waals surface area contributed by atoms with Gasteiger partial charge in [-0.2, -0.15) is 0 Å². The third kappa shape index (κ3) is 4.61. The number of hydrogen-bond donors (Lipinski definition) is 0. The van der Waals surface area contributed by atoms with Gasteiger partial charge in [0, 0.05) is 10.5 Å². The van der Waals surface area contributed by atoms with E-state index in [0.717, 1.165) is 23.3 Å². The average Bonchev–Trinajstić information content (AvgIpc) is 2.54. The van der Waals surface area contributed by atoms with E-state index in [1.807, 2.05) is 42.5 Å². The summed E-state index contributed by atoms with van der Waals surface area (Å²) in [4.78, 5) is 13.3. The predicted molar refractivity (Wildman–Crippen MR) is 92.0 cm³/mol. The summed E-state index contributed by atoms with van der Waals surface area (Å²) in [7, 11) is 0. The Morgan fingerprint density at radius 2 is 1.67 bits per heavy atom. The molecule has 0 aliphatic rings. The zero-order valence-corrected chi connectivity index (χ0v) is 13.3. The summed E-state index contributed by atoms with van der Waals surface area (Å²) < 4.78 is 0. The van der Waals surface area contributed by atoms with Crippen molar-refractivity contribution in [2.24, 2.45) is 0 Å². The van der Waals surface area contributed by atoms with Gasteiger partial charge in [-0.15, -0.1) is 11.8 Å². The lowest BCUT2D eigenvalue weighted by molar-refractivity contribution is 0.104. The Balaban J connectivity index is 2.03. The minimum atomic E-state index is 0.0441. The van der Waals surface area contributed by atoms with E-state index in [-0.39, 0.29) is 5.78 Å². The lowest BCUT2D eigenvalue weighted by Gasteiger charge is -2.00. The summed E-state index contributed by atoms with van der Waals surface area (Å²) in [6.45, 7) is 4.26. The highest BCUT2D eigenvalue weighted by Gasteiger charge is 2.01. The molecule has 1 nitrogen and oxygen atoms in total. The topological polar surface area (TPSA) is 17.1 Å². The van der Waals surface area contributed by atoms with Gasteiger partial charge in [0.15, 0.2) is 5.78 Å². The predicted octanol–water partition coefficient (Wildman–Crippen LogP) is 5.26. The van der Waals surface area contributed by atoms with Crippen LogP contribution in [0.4, 0.5) is 0 Å². The summed E-state index contributed by atoms with van der Waals surface area (Å²) in [5.74, 6) is 1.09. The molecule has 0 saturated carbocycles. The Kier molecular flexibility index (Phi) is 5.82. The van der Waals surface area contributed by atoms with Gasteiger partial charge in [-0.05, 0) is 53.6 Å². The van der Waals surface area contributed by atoms with Crippen molar-refractivity contribution in [3.8, 4) is 0 Å². The number of carbonyl (C=O) groups excluding carboxylic acids is 1. The van der Waals surface area contributed by atoms with Crippen molar-refractivity contribution in [3.05, 3.63) is 71.3 Å². The van der Waals surface area contributed by atoms with Gasteiger partial charge in [0.25, 0.3) is 0 Å². The van der Waals surface area contributed by atoms with Crippen LogP contribution in [0.1, 0.15) is 35.3 Å². The van der Waals surface area contributed by atoms with Gasteiger partial charge in [0.1, 0.15) is 0 Å². The number of aryl methyl sites for hydroxylation is 1. The van der Waals surface area contributed by atoms with E-state index < -0.39 is 0 Å². The van der Waals surface area contributed by atoms with Gasteiger partial charge >= 0.3 is 0 Å². The number of benzene rings is 2.